The Kier molecular flexibility index (Phi) is 2.82. The molecule has 3 nitrogen and oxygen atoms in total. The lowest BCUT2D eigenvalue weighted by Crippen LogP contribution is -2.27. The molecule has 1 aliphatic carbocycles. The molecule has 1 saturated carbocycles. The third kappa shape index (κ3) is 2.63. The molecule has 0 aromatic heterocycles. The molecule has 1 aromatic carbocycles. The first-order valence-corrected chi connectivity index (χ1v) is 5.41. The van der Waals surface area contributed by atoms with Crippen molar-refractivity contribution >= 4 is 0 Å². The molecule has 1 aliphatic rings. The monoisotopic (exact) mass is 207 g/mol. The fourth-order valence-electron chi connectivity index (χ4n) is 1.72. The smallest absolute Gasteiger partial charge is 0.157 e. The number of hydrogen-bond acceptors (Lipinski definition) is 3. The minimum Gasteiger partial charge on any atom is -0.504 e. The van der Waals surface area contributed by atoms with Gasteiger partial charge in [-0.05, 0) is 43.4 Å². The molecule has 1 atom stereocenters. The van der Waals surface area contributed by atoms with Gasteiger partial charge in [-0.25, -0.2) is 0 Å². The average molecular weight is 207 g/mol. The molecule has 1 aromatic rings. The number of hydrogen-bond donors (Lipinski definition) is 3. The van der Waals surface area contributed by atoms with Gasteiger partial charge in [-0.2, -0.15) is 0 Å². The number of benzene rings is 1. The van der Waals surface area contributed by atoms with Crippen LogP contribution in [0.2, 0.25) is 0 Å². The highest BCUT2D eigenvalue weighted by Gasteiger charge is 2.27. The number of nitrogens with one attached hydrogen (secondary N) is 1. The maximum atomic E-state index is 9.31. The van der Waals surface area contributed by atoms with Gasteiger partial charge in [0.15, 0.2) is 11.5 Å². The van der Waals surface area contributed by atoms with Crippen LogP contribution in [0.4, 0.5) is 0 Å². The minimum atomic E-state index is -0.0611. The summed E-state index contributed by atoms with van der Waals surface area (Å²) in [7, 11) is 0. The van der Waals surface area contributed by atoms with Crippen LogP contribution >= 0.6 is 0 Å². The quantitative estimate of drug-likeness (QED) is 0.662. The lowest BCUT2D eigenvalue weighted by atomic mass is 10.1. The lowest BCUT2D eigenvalue weighted by molar-refractivity contribution is 0.402. The maximum absolute atomic E-state index is 9.31. The minimum absolute atomic E-state index is 0.0478. The maximum Gasteiger partial charge on any atom is 0.157 e. The number of phenols is 2. The van der Waals surface area contributed by atoms with E-state index in [-0.39, 0.29) is 11.5 Å². The highest BCUT2D eigenvalue weighted by Crippen LogP contribution is 2.32. The summed E-state index contributed by atoms with van der Waals surface area (Å²) in [5.74, 6) is 0.720. The molecule has 0 aliphatic heterocycles. The van der Waals surface area contributed by atoms with Crippen LogP contribution < -0.4 is 5.32 Å². The molecular weight excluding hydrogens is 190 g/mol. The van der Waals surface area contributed by atoms with Crippen LogP contribution in [0.1, 0.15) is 25.3 Å². The van der Waals surface area contributed by atoms with Crippen molar-refractivity contribution in [3.8, 4) is 11.5 Å². The van der Waals surface area contributed by atoms with Crippen LogP contribution in [-0.2, 0) is 6.54 Å². The van der Waals surface area contributed by atoms with Crippen molar-refractivity contribution in [1.29, 1.82) is 0 Å². The second-order valence-electron chi connectivity index (χ2n) is 4.33. The van der Waals surface area contributed by atoms with Gasteiger partial charge in [0.05, 0.1) is 0 Å². The first-order chi connectivity index (χ1) is 7.16. The summed E-state index contributed by atoms with van der Waals surface area (Å²) < 4.78 is 0. The van der Waals surface area contributed by atoms with E-state index in [1.165, 1.54) is 18.9 Å². The molecule has 0 saturated heterocycles. The van der Waals surface area contributed by atoms with Crippen molar-refractivity contribution in [3.05, 3.63) is 23.8 Å². The fraction of sp³-hybridized carbons (Fsp3) is 0.500. The Hall–Kier alpha value is -1.22. The van der Waals surface area contributed by atoms with Crippen LogP contribution in [0.25, 0.3) is 0 Å². The fourth-order valence-corrected chi connectivity index (χ4v) is 1.72. The van der Waals surface area contributed by atoms with Crippen LogP contribution in [0, 0.1) is 5.92 Å². The average Bonchev–Trinajstić information content (AvgIpc) is 3.03. The zero-order valence-electron chi connectivity index (χ0n) is 8.90. The first kappa shape index (κ1) is 10.3. The van der Waals surface area contributed by atoms with Gasteiger partial charge in [-0.15, -0.1) is 0 Å². The van der Waals surface area contributed by atoms with Gasteiger partial charge in [0.1, 0.15) is 0 Å². The van der Waals surface area contributed by atoms with Crippen LogP contribution in [-0.4, -0.2) is 16.3 Å². The predicted octanol–water partition coefficient (Wildman–Crippen LogP) is 1.99. The van der Waals surface area contributed by atoms with Crippen molar-refractivity contribution in [1.82, 2.24) is 5.32 Å². The molecule has 2 rings (SSSR count). The van der Waals surface area contributed by atoms with Crippen molar-refractivity contribution < 1.29 is 10.2 Å². The number of rotatable bonds is 4. The molecule has 0 amide bonds. The van der Waals surface area contributed by atoms with Gasteiger partial charge >= 0.3 is 0 Å². The summed E-state index contributed by atoms with van der Waals surface area (Å²) in [4.78, 5) is 0. The van der Waals surface area contributed by atoms with E-state index in [9.17, 15) is 5.11 Å². The van der Waals surface area contributed by atoms with E-state index in [0.717, 1.165) is 18.0 Å². The topological polar surface area (TPSA) is 52.5 Å². The molecule has 1 fully saturated rings. The Bertz CT molecular complexity index is 347. The summed E-state index contributed by atoms with van der Waals surface area (Å²) in [5.41, 5.74) is 0.998. The normalized spacial score (nSPS) is 17.7. The van der Waals surface area contributed by atoms with E-state index in [4.69, 9.17) is 5.11 Å². The lowest BCUT2D eigenvalue weighted by Gasteiger charge is -2.12. The first-order valence-electron chi connectivity index (χ1n) is 5.41. The van der Waals surface area contributed by atoms with E-state index in [1.807, 2.05) is 6.07 Å². The Morgan fingerprint density at radius 2 is 2.07 bits per heavy atom. The molecule has 0 radical (unpaired) electrons. The van der Waals surface area contributed by atoms with Crippen molar-refractivity contribution in [3.63, 3.8) is 0 Å². The number of aromatic hydroxyl groups is 2. The van der Waals surface area contributed by atoms with Gasteiger partial charge in [-0.1, -0.05) is 6.07 Å². The third-order valence-electron chi connectivity index (χ3n) is 3.00. The van der Waals surface area contributed by atoms with Gasteiger partial charge in [0.2, 0.25) is 0 Å². The summed E-state index contributed by atoms with van der Waals surface area (Å²) in [6, 6.07) is 5.48. The summed E-state index contributed by atoms with van der Waals surface area (Å²) in [6.45, 7) is 2.93. The van der Waals surface area contributed by atoms with Crippen molar-refractivity contribution in [2.24, 2.45) is 5.92 Å². The van der Waals surface area contributed by atoms with Gasteiger partial charge < -0.3 is 15.5 Å². The zero-order chi connectivity index (χ0) is 10.8. The van der Waals surface area contributed by atoms with Gasteiger partial charge in [-0.3, -0.25) is 0 Å². The van der Waals surface area contributed by atoms with E-state index in [0.29, 0.717) is 6.04 Å². The van der Waals surface area contributed by atoms with E-state index in [2.05, 4.69) is 12.2 Å². The SMILES string of the molecule is CC(NCc1ccc(O)c(O)c1)C1CC1. The molecule has 82 valence electrons. The molecule has 0 bridgehead atoms. The standard InChI is InChI=1S/C12H17NO2/c1-8(10-3-4-10)13-7-9-2-5-11(14)12(15)6-9/h2,5-6,8,10,13-15H,3-4,7H2,1H3. The molecule has 0 heterocycles. The molecule has 3 heteroatoms. The Morgan fingerprint density at radius 1 is 1.33 bits per heavy atom. The molecule has 0 spiro atoms. The predicted molar refractivity (Wildman–Crippen MR) is 58.8 cm³/mol. The molecule has 15 heavy (non-hydrogen) atoms. The highest BCUT2D eigenvalue weighted by atomic mass is 16.3. The second kappa shape index (κ2) is 4.11. The van der Waals surface area contributed by atoms with Gasteiger partial charge in [0, 0.05) is 12.6 Å². The van der Waals surface area contributed by atoms with Crippen molar-refractivity contribution in [2.45, 2.75) is 32.4 Å². The Morgan fingerprint density at radius 3 is 2.67 bits per heavy atom. The van der Waals surface area contributed by atoms with Crippen LogP contribution in [0.3, 0.4) is 0 Å². The Balaban J connectivity index is 1.89. The highest BCUT2D eigenvalue weighted by molar-refractivity contribution is 5.40. The zero-order valence-corrected chi connectivity index (χ0v) is 8.90. The largest absolute Gasteiger partial charge is 0.504 e. The summed E-state index contributed by atoms with van der Waals surface area (Å²) >= 11 is 0. The van der Waals surface area contributed by atoms with Crippen LogP contribution in [0.15, 0.2) is 18.2 Å². The third-order valence-corrected chi connectivity index (χ3v) is 3.00. The molecule has 3 N–H and O–H groups in total. The van der Waals surface area contributed by atoms with Gasteiger partial charge in [0.25, 0.3) is 0 Å². The summed E-state index contributed by atoms with van der Waals surface area (Å²) in [5, 5.41) is 21.9. The van der Waals surface area contributed by atoms with E-state index in [1.54, 1.807) is 6.07 Å². The summed E-state index contributed by atoms with van der Waals surface area (Å²) in [6.07, 6.45) is 2.66. The van der Waals surface area contributed by atoms with E-state index >= 15 is 0 Å². The van der Waals surface area contributed by atoms with Crippen molar-refractivity contribution in [2.75, 3.05) is 0 Å². The number of phenolic OH excluding ortho intramolecular Hbond substituents is 2. The second-order valence-corrected chi connectivity index (χ2v) is 4.33. The van der Waals surface area contributed by atoms with E-state index < -0.39 is 0 Å². The Labute approximate surface area is 89.8 Å². The molecular formula is C12H17NO2. The van der Waals surface area contributed by atoms with Crippen LogP contribution in [0.5, 0.6) is 11.5 Å². The molecule has 1 unspecified atom stereocenters.